The van der Waals surface area contributed by atoms with Crippen molar-refractivity contribution in [1.82, 2.24) is 4.31 Å². The van der Waals surface area contributed by atoms with Gasteiger partial charge in [0.15, 0.2) is 0 Å². The average molecular weight is 376 g/mol. The summed E-state index contributed by atoms with van der Waals surface area (Å²) in [4.78, 5) is 2.28. The Kier molecular flexibility index (Phi) is 5.34. The Morgan fingerprint density at radius 3 is 2.27 bits per heavy atom. The van der Waals surface area contributed by atoms with Gasteiger partial charge in [0, 0.05) is 26.2 Å². The molecule has 6 heteroatoms. The minimum Gasteiger partial charge on any atom is -0.367 e. The number of para-hydroxylation sites is 1. The highest BCUT2D eigenvalue weighted by Gasteiger charge is 2.30. The van der Waals surface area contributed by atoms with E-state index in [1.807, 2.05) is 37.8 Å². The molecule has 0 bridgehead atoms. The molecule has 0 radical (unpaired) electrons. The third kappa shape index (κ3) is 3.62. The lowest BCUT2D eigenvalue weighted by atomic mass is 10.0. The molecule has 2 aromatic carbocycles. The smallest absolute Gasteiger partial charge is 0.243 e. The van der Waals surface area contributed by atoms with Crippen molar-refractivity contribution in [2.75, 3.05) is 31.1 Å². The maximum Gasteiger partial charge on any atom is 0.243 e. The van der Waals surface area contributed by atoms with Crippen LogP contribution in [0.25, 0.3) is 0 Å². The average Bonchev–Trinajstić information content (AvgIpc) is 2.62. The zero-order valence-electron chi connectivity index (χ0n) is 15.4. The van der Waals surface area contributed by atoms with E-state index in [4.69, 9.17) is 0 Å². The topological polar surface area (TPSA) is 40.6 Å². The van der Waals surface area contributed by atoms with Gasteiger partial charge in [0.1, 0.15) is 5.82 Å². The summed E-state index contributed by atoms with van der Waals surface area (Å²) in [6, 6.07) is 12.3. The quantitative estimate of drug-likeness (QED) is 0.816. The van der Waals surface area contributed by atoms with Gasteiger partial charge in [-0.3, -0.25) is 0 Å². The van der Waals surface area contributed by atoms with Crippen LogP contribution in [0.2, 0.25) is 0 Å². The normalized spacial score (nSPS) is 16.3. The summed E-state index contributed by atoms with van der Waals surface area (Å²) in [5, 5.41) is 0. The Hall–Kier alpha value is -1.92. The molecular weight excluding hydrogens is 351 g/mol. The summed E-state index contributed by atoms with van der Waals surface area (Å²) >= 11 is 0. The van der Waals surface area contributed by atoms with Gasteiger partial charge in [-0.2, -0.15) is 4.31 Å². The lowest BCUT2D eigenvalue weighted by molar-refractivity contribution is 0.383. The van der Waals surface area contributed by atoms with E-state index in [1.54, 1.807) is 24.3 Å². The Labute approximate surface area is 155 Å². The van der Waals surface area contributed by atoms with Crippen LogP contribution >= 0.6 is 0 Å². The predicted molar refractivity (Wildman–Crippen MR) is 103 cm³/mol. The van der Waals surface area contributed by atoms with Gasteiger partial charge in [-0.15, -0.1) is 0 Å². The number of nitrogens with zero attached hydrogens (tertiary/aromatic N) is 2. The highest BCUT2D eigenvalue weighted by atomic mass is 32.2. The lowest BCUT2D eigenvalue weighted by Gasteiger charge is -2.35. The second-order valence-electron chi connectivity index (χ2n) is 7.02. The van der Waals surface area contributed by atoms with Gasteiger partial charge in [-0.05, 0) is 42.2 Å². The van der Waals surface area contributed by atoms with Gasteiger partial charge >= 0.3 is 0 Å². The maximum atomic E-state index is 14.0. The molecule has 0 unspecified atom stereocenters. The predicted octanol–water partition coefficient (Wildman–Crippen LogP) is 3.77. The van der Waals surface area contributed by atoms with Crippen molar-refractivity contribution in [2.45, 2.75) is 31.6 Å². The van der Waals surface area contributed by atoms with Crippen LogP contribution in [0, 0.1) is 12.7 Å². The molecule has 0 aromatic heterocycles. The monoisotopic (exact) mass is 376 g/mol. The van der Waals surface area contributed by atoms with Crippen molar-refractivity contribution < 1.29 is 12.8 Å². The fourth-order valence-corrected chi connectivity index (χ4v) is 4.95. The van der Waals surface area contributed by atoms with Gasteiger partial charge in [0.05, 0.1) is 10.6 Å². The highest BCUT2D eigenvalue weighted by molar-refractivity contribution is 7.89. The molecule has 1 aliphatic rings. The van der Waals surface area contributed by atoms with E-state index < -0.39 is 10.0 Å². The van der Waals surface area contributed by atoms with Crippen LogP contribution in [-0.4, -0.2) is 38.9 Å². The molecule has 26 heavy (non-hydrogen) atoms. The van der Waals surface area contributed by atoms with Crippen molar-refractivity contribution in [3.63, 3.8) is 0 Å². The third-order valence-electron chi connectivity index (χ3n) is 4.93. The molecule has 0 spiro atoms. The molecule has 0 atom stereocenters. The fraction of sp³-hybridized carbons (Fsp3) is 0.400. The van der Waals surface area contributed by atoms with Crippen molar-refractivity contribution in [3.05, 3.63) is 59.4 Å². The molecule has 0 aliphatic carbocycles. The molecule has 1 saturated heterocycles. The Bertz CT molecular complexity index is 888. The maximum absolute atomic E-state index is 14.0. The summed E-state index contributed by atoms with van der Waals surface area (Å²) in [5.74, 6) is -0.00765. The largest absolute Gasteiger partial charge is 0.367 e. The van der Waals surface area contributed by atoms with Gasteiger partial charge in [-0.25, -0.2) is 12.8 Å². The van der Waals surface area contributed by atoms with Gasteiger partial charge in [-0.1, -0.05) is 38.1 Å². The number of rotatable bonds is 4. The summed E-state index contributed by atoms with van der Waals surface area (Å²) in [6.07, 6.45) is 0. The van der Waals surface area contributed by atoms with E-state index in [2.05, 4.69) is 0 Å². The summed E-state index contributed by atoms with van der Waals surface area (Å²) in [5.41, 5.74) is 2.30. The standard InChI is InChI=1S/C20H25FN2O2S/c1-15(2)17-9-8-16(3)20(14-17)26(24,25)23-12-10-22(11-13-23)19-7-5-4-6-18(19)21/h4-9,14-15H,10-13H2,1-3H3. The molecule has 0 N–H and O–H groups in total. The molecule has 1 heterocycles. The van der Waals surface area contributed by atoms with Crippen LogP contribution in [0.3, 0.4) is 0 Å². The SMILES string of the molecule is Cc1ccc(C(C)C)cc1S(=O)(=O)N1CCN(c2ccccc2F)CC1. The summed E-state index contributed by atoms with van der Waals surface area (Å²) < 4.78 is 41.7. The first-order valence-electron chi connectivity index (χ1n) is 8.91. The van der Waals surface area contributed by atoms with Crippen molar-refractivity contribution >= 4 is 15.7 Å². The van der Waals surface area contributed by atoms with E-state index >= 15 is 0 Å². The second-order valence-corrected chi connectivity index (χ2v) is 8.93. The van der Waals surface area contributed by atoms with Crippen LogP contribution in [-0.2, 0) is 10.0 Å². The Balaban J connectivity index is 1.81. The van der Waals surface area contributed by atoms with Gasteiger partial charge < -0.3 is 4.90 Å². The number of hydrogen-bond donors (Lipinski definition) is 0. The fourth-order valence-electron chi connectivity index (χ4n) is 3.27. The molecule has 1 aliphatic heterocycles. The van der Waals surface area contributed by atoms with Crippen molar-refractivity contribution in [3.8, 4) is 0 Å². The number of anilines is 1. The molecule has 4 nitrogen and oxygen atoms in total. The number of piperazine rings is 1. The molecule has 0 saturated carbocycles. The number of sulfonamides is 1. The van der Waals surface area contributed by atoms with Crippen LogP contribution < -0.4 is 4.90 Å². The molecule has 140 valence electrons. The number of benzene rings is 2. The van der Waals surface area contributed by atoms with Gasteiger partial charge in [0.25, 0.3) is 0 Å². The Morgan fingerprint density at radius 2 is 1.65 bits per heavy atom. The van der Waals surface area contributed by atoms with Crippen molar-refractivity contribution in [1.29, 1.82) is 0 Å². The molecule has 0 amide bonds. The zero-order chi connectivity index (χ0) is 18.9. The first-order chi connectivity index (χ1) is 12.3. The summed E-state index contributed by atoms with van der Waals surface area (Å²) in [7, 11) is -3.55. The molecule has 2 aromatic rings. The lowest BCUT2D eigenvalue weighted by Crippen LogP contribution is -2.49. The van der Waals surface area contributed by atoms with Crippen molar-refractivity contribution in [2.24, 2.45) is 0 Å². The Morgan fingerprint density at radius 1 is 1.00 bits per heavy atom. The zero-order valence-corrected chi connectivity index (χ0v) is 16.3. The van der Waals surface area contributed by atoms with Crippen LogP contribution in [0.1, 0.15) is 30.9 Å². The second kappa shape index (κ2) is 7.37. The first kappa shape index (κ1) is 18.9. The van der Waals surface area contributed by atoms with Crippen LogP contribution in [0.4, 0.5) is 10.1 Å². The molecule has 3 rings (SSSR count). The first-order valence-corrected chi connectivity index (χ1v) is 10.3. The highest BCUT2D eigenvalue weighted by Crippen LogP contribution is 2.27. The number of halogens is 1. The minimum absolute atomic E-state index is 0.266. The molecule has 1 fully saturated rings. The summed E-state index contributed by atoms with van der Waals surface area (Å²) in [6.45, 7) is 7.57. The third-order valence-corrected chi connectivity index (χ3v) is 6.97. The van der Waals surface area contributed by atoms with Crippen LogP contribution in [0.15, 0.2) is 47.4 Å². The molecular formula is C20H25FN2O2S. The van der Waals surface area contributed by atoms with E-state index in [-0.39, 0.29) is 11.7 Å². The van der Waals surface area contributed by atoms with Gasteiger partial charge in [0.2, 0.25) is 10.0 Å². The van der Waals surface area contributed by atoms with E-state index in [9.17, 15) is 12.8 Å². The van der Waals surface area contributed by atoms with E-state index in [0.717, 1.165) is 11.1 Å². The van der Waals surface area contributed by atoms with E-state index in [0.29, 0.717) is 36.8 Å². The minimum atomic E-state index is -3.55. The number of aryl methyl sites for hydroxylation is 1. The van der Waals surface area contributed by atoms with E-state index in [1.165, 1.54) is 10.4 Å². The number of hydrogen-bond acceptors (Lipinski definition) is 3. The van der Waals surface area contributed by atoms with Crippen LogP contribution in [0.5, 0.6) is 0 Å².